The molecule has 124 valence electrons. The first-order valence-corrected chi connectivity index (χ1v) is 9.02. The molecular formula is C19H42O. The molecule has 1 N–H and O–H groups in total. The van der Waals surface area contributed by atoms with Gasteiger partial charge in [0.1, 0.15) is 0 Å². The van der Waals surface area contributed by atoms with Crippen molar-refractivity contribution >= 4 is 0 Å². The summed E-state index contributed by atoms with van der Waals surface area (Å²) in [5, 5.41) is 8.67. The van der Waals surface area contributed by atoms with Gasteiger partial charge in [0, 0.05) is 6.61 Å². The first kappa shape index (κ1) is 22.2. The molecule has 0 unspecified atom stereocenters. The molecule has 0 heterocycles. The zero-order chi connectivity index (χ0) is 14.0. The first-order valence-electron chi connectivity index (χ1n) is 9.02. The van der Waals surface area contributed by atoms with Crippen LogP contribution < -0.4 is 0 Å². The van der Waals surface area contributed by atoms with Crippen LogP contribution in [0, 0.1) is 0 Å². The summed E-state index contributed by atoms with van der Waals surface area (Å²) in [5.41, 5.74) is 0. The number of rotatable bonds is 16. The van der Waals surface area contributed by atoms with Crippen LogP contribution in [0.1, 0.15) is 117 Å². The Hall–Kier alpha value is -0.0400. The molecule has 0 aliphatic heterocycles. The third-order valence-electron chi connectivity index (χ3n) is 4.01. The monoisotopic (exact) mass is 286 g/mol. The highest BCUT2D eigenvalue weighted by atomic mass is 16.2. The SMILES string of the molecule is C.CCCCCCCCCCCCCCCCCCO. The topological polar surface area (TPSA) is 20.2 Å². The van der Waals surface area contributed by atoms with Crippen LogP contribution in [-0.4, -0.2) is 11.7 Å². The van der Waals surface area contributed by atoms with Gasteiger partial charge in [-0.2, -0.15) is 0 Å². The molecule has 0 saturated carbocycles. The average Bonchev–Trinajstić information content (AvgIpc) is 2.43. The molecule has 0 bridgehead atoms. The summed E-state index contributed by atoms with van der Waals surface area (Å²) >= 11 is 0. The molecule has 0 amide bonds. The Balaban J connectivity index is 0. The minimum atomic E-state index is 0. The zero-order valence-corrected chi connectivity index (χ0v) is 13.5. The quantitative estimate of drug-likeness (QED) is 0.307. The molecule has 0 aromatic rings. The molecule has 0 aromatic heterocycles. The van der Waals surface area contributed by atoms with E-state index in [0.29, 0.717) is 6.61 Å². The van der Waals surface area contributed by atoms with E-state index in [-0.39, 0.29) is 7.43 Å². The molecule has 0 aliphatic rings. The maximum Gasteiger partial charge on any atom is 0.0431 e. The van der Waals surface area contributed by atoms with E-state index in [0.717, 1.165) is 6.42 Å². The molecule has 0 spiro atoms. The molecule has 0 radical (unpaired) electrons. The Bertz CT molecular complexity index is 129. The van der Waals surface area contributed by atoms with E-state index in [1.807, 2.05) is 0 Å². The van der Waals surface area contributed by atoms with Crippen LogP contribution in [0.4, 0.5) is 0 Å². The van der Waals surface area contributed by atoms with Gasteiger partial charge < -0.3 is 5.11 Å². The highest BCUT2D eigenvalue weighted by Crippen LogP contribution is 2.13. The Morgan fingerprint density at radius 1 is 0.450 bits per heavy atom. The van der Waals surface area contributed by atoms with Crippen molar-refractivity contribution in [3.05, 3.63) is 0 Å². The number of unbranched alkanes of at least 4 members (excludes halogenated alkanes) is 15. The van der Waals surface area contributed by atoms with Crippen molar-refractivity contribution in [3.8, 4) is 0 Å². The van der Waals surface area contributed by atoms with E-state index in [9.17, 15) is 0 Å². The lowest BCUT2D eigenvalue weighted by Crippen LogP contribution is -1.85. The van der Waals surface area contributed by atoms with Gasteiger partial charge in [-0.05, 0) is 6.42 Å². The predicted octanol–water partition coefficient (Wildman–Crippen LogP) is 6.88. The van der Waals surface area contributed by atoms with Crippen molar-refractivity contribution in [1.82, 2.24) is 0 Å². The fraction of sp³-hybridized carbons (Fsp3) is 1.00. The van der Waals surface area contributed by atoms with Gasteiger partial charge >= 0.3 is 0 Å². The van der Waals surface area contributed by atoms with Crippen LogP contribution in [0.3, 0.4) is 0 Å². The Morgan fingerprint density at radius 2 is 0.700 bits per heavy atom. The van der Waals surface area contributed by atoms with E-state index >= 15 is 0 Å². The van der Waals surface area contributed by atoms with Gasteiger partial charge in [-0.25, -0.2) is 0 Å². The second-order valence-corrected chi connectivity index (χ2v) is 6.03. The number of hydrogen-bond donors (Lipinski definition) is 1. The smallest absolute Gasteiger partial charge is 0.0431 e. The number of aliphatic hydroxyl groups excluding tert-OH is 1. The molecule has 0 saturated heterocycles. The molecule has 0 aromatic carbocycles. The maximum atomic E-state index is 8.67. The van der Waals surface area contributed by atoms with Crippen molar-refractivity contribution in [1.29, 1.82) is 0 Å². The van der Waals surface area contributed by atoms with Gasteiger partial charge in [0.25, 0.3) is 0 Å². The highest BCUT2D eigenvalue weighted by Gasteiger charge is 1.94. The number of aliphatic hydroxyl groups is 1. The fourth-order valence-corrected chi connectivity index (χ4v) is 2.66. The molecule has 20 heavy (non-hydrogen) atoms. The lowest BCUT2D eigenvalue weighted by atomic mass is 10.0. The summed E-state index contributed by atoms with van der Waals surface area (Å²) in [5.74, 6) is 0. The normalized spacial score (nSPS) is 10.5. The minimum absolute atomic E-state index is 0. The largest absolute Gasteiger partial charge is 0.396 e. The van der Waals surface area contributed by atoms with Crippen LogP contribution in [0.25, 0.3) is 0 Å². The Labute approximate surface area is 129 Å². The third-order valence-corrected chi connectivity index (χ3v) is 4.01. The van der Waals surface area contributed by atoms with E-state index in [2.05, 4.69) is 6.92 Å². The van der Waals surface area contributed by atoms with Crippen molar-refractivity contribution < 1.29 is 5.11 Å². The summed E-state index contributed by atoms with van der Waals surface area (Å²) in [6.45, 7) is 2.66. The summed E-state index contributed by atoms with van der Waals surface area (Å²) < 4.78 is 0. The molecule has 0 atom stereocenters. The van der Waals surface area contributed by atoms with Crippen molar-refractivity contribution in [2.75, 3.05) is 6.61 Å². The van der Waals surface area contributed by atoms with Crippen molar-refractivity contribution in [2.24, 2.45) is 0 Å². The molecule has 0 fully saturated rings. The summed E-state index contributed by atoms with van der Waals surface area (Å²) in [6.07, 6.45) is 22.2. The summed E-state index contributed by atoms with van der Waals surface area (Å²) in [7, 11) is 0. The van der Waals surface area contributed by atoms with E-state index < -0.39 is 0 Å². The second-order valence-electron chi connectivity index (χ2n) is 6.03. The molecule has 0 rings (SSSR count). The van der Waals surface area contributed by atoms with Crippen LogP contribution >= 0.6 is 0 Å². The van der Waals surface area contributed by atoms with E-state index in [1.165, 1.54) is 96.3 Å². The molecule has 1 heteroatoms. The fourth-order valence-electron chi connectivity index (χ4n) is 2.66. The van der Waals surface area contributed by atoms with Crippen LogP contribution in [0.5, 0.6) is 0 Å². The van der Waals surface area contributed by atoms with Crippen LogP contribution in [0.15, 0.2) is 0 Å². The van der Waals surface area contributed by atoms with Crippen LogP contribution in [-0.2, 0) is 0 Å². The molecular weight excluding hydrogens is 244 g/mol. The van der Waals surface area contributed by atoms with Gasteiger partial charge in [-0.15, -0.1) is 0 Å². The summed E-state index contributed by atoms with van der Waals surface area (Å²) in [6, 6.07) is 0. The highest BCUT2D eigenvalue weighted by molar-refractivity contribution is 4.49. The van der Waals surface area contributed by atoms with Crippen molar-refractivity contribution in [3.63, 3.8) is 0 Å². The third kappa shape index (κ3) is 20.3. The van der Waals surface area contributed by atoms with Gasteiger partial charge in [-0.3, -0.25) is 0 Å². The van der Waals surface area contributed by atoms with Gasteiger partial charge in [0.15, 0.2) is 0 Å². The summed E-state index contributed by atoms with van der Waals surface area (Å²) in [4.78, 5) is 0. The van der Waals surface area contributed by atoms with Gasteiger partial charge in [0.2, 0.25) is 0 Å². The van der Waals surface area contributed by atoms with Crippen LogP contribution in [0.2, 0.25) is 0 Å². The number of hydrogen-bond acceptors (Lipinski definition) is 1. The zero-order valence-electron chi connectivity index (χ0n) is 13.5. The van der Waals surface area contributed by atoms with E-state index in [1.54, 1.807) is 0 Å². The van der Waals surface area contributed by atoms with Crippen molar-refractivity contribution in [2.45, 2.75) is 117 Å². The average molecular weight is 287 g/mol. The maximum absolute atomic E-state index is 8.67. The molecule has 0 aliphatic carbocycles. The Morgan fingerprint density at radius 3 is 0.950 bits per heavy atom. The lowest BCUT2D eigenvalue weighted by molar-refractivity contribution is 0.282. The van der Waals surface area contributed by atoms with E-state index in [4.69, 9.17) is 5.11 Å². The molecule has 1 nitrogen and oxygen atoms in total. The van der Waals surface area contributed by atoms with Gasteiger partial charge in [0.05, 0.1) is 0 Å². The standard InChI is InChI=1S/C18H38O.CH4/c1-2-3-4-5-6-7-8-9-10-11-12-13-14-15-16-17-18-19;/h19H,2-18H2,1H3;1H4. The van der Waals surface area contributed by atoms with Gasteiger partial charge in [-0.1, -0.05) is 111 Å². The first-order chi connectivity index (χ1) is 9.41. The Kier molecular flexibility index (Phi) is 23.6. The minimum Gasteiger partial charge on any atom is -0.396 e. The predicted molar refractivity (Wildman–Crippen MR) is 93.4 cm³/mol. The second kappa shape index (κ2) is 21.3. The lowest BCUT2D eigenvalue weighted by Gasteiger charge is -2.03.